The number of alkyl halides is 12. The highest BCUT2D eigenvalue weighted by Gasteiger charge is 2.41. The molecule has 0 aromatic heterocycles. The van der Waals surface area contributed by atoms with E-state index < -0.39 is 74.5 Å². The highest BCUT2D eigenvalue weighted by Crippen LogP contribution is 2.54. The Morgan fingerprint density at radius 3 is 0.946 bits per heavy atom. The van der Waals surface area contributed by atoms with Crippen LogP contribution < -0.4 is 0 Å². The van der Waals surface area contributed by atoms with Crippen LogP contribution in [-0.2, 0) is 28.9 Å². The van der Waals surface area contributed by atoms with Crippen LogP contribution in [-0.4, -0.2) is 17.3 Å². The van der Waals surface area contributed by atoms with E-state index in [1.54, 1.807) is 20.8 Å². The minimum atomic E-state index is -5.30. The lowest BCUT2D eigenvalue weighted by Gasteiger charge is -2.41. The van der Waals surface area contributed by atoms with Crippen molar-refractivity contribution in [3.63, 3.8) is 0 Å². The smallest absolute Gasteiger partial charge is 0.324 e. The molecule has 0 heterocycles. The van der Waals surface area contributed by atoms with E-state index in [0.717, 1.165) is 0 Å². The van der Waals surface area contributed by atoms with Crippen LogP contribution in [0.2, 0.25) is 0 Å². The van der Waals surface area contributed by atoms with Gasteiger partial charge in [-0.25, -0.2) is 0 Å². The van der Waals surface area contributed by atoms with E-state index in [1.807, 2.05) is 0 Å². The van der Waals surface area contributed by atoms with Crippen molar-refractivity contribution in [3.8, 4) is 0 Å². The molecule has 0 aliphatic carbocycles. The molecule has 0 saturated carbocycles. The summed E-state index contributed by atoms with van der Waals surface area (Å²) in [5.41, 5.74) is -8.86. The molecule has 37 heavy (non-hydrogen) atoms. The van der Waals surface area contributed by atoms with Gasteiger partial charge in [-0.1, -0.05) is 20.8 Å². The van der Waals surface area contributed by atoms with Gasteiger partial charge < -0.3 is 4.18 Å². The lowest BCUT2D eigenvalue weighted by molar-refractivity contribution is -0.144. The van der Waals surface area contributed by atoms with Gasteiger partial charge in [0.2, 0.25) is 0 Å². The molecule has 0 bridgehead atoms. The normalized spacial score (nSPS) is 14.4. The van der Waals surface area contributed by atoms with Crippen LogP contribution in [0.5, 0.6) is 0 Å². The summed E-state index contributed by atoms with van der Waals surface area (Å²) in [6.45, 7) is 4.79. The zero-order valence-electron chi connectivity index (χ0n) is 19.5. The first-order valence-corrected chi connectivity index (χ1v) is 12.8. The van der Waals surface area contributed by atoms with Crippen LogP contribution in [0.15, 0.2) is 36.4 Å². The van der Waals surface area contributed by atoms with Gasteiger partial charge in [0, 0.05) is 0 Å². The number of rotatable bonds is 7. The molecule has 2 aromatic rings. The third-order valence-corrected chi connectivity index (χ3v) is 9.46. The van der Waals surface area contributed by atoms with Crippen molar-refractivity contribution in [1.29, 1.82) is 0 Å². The van der Waals surface area contributed by atoms with E-state index >= 15 is 0 Å². The van der Waals surface area contributed by atoms with Crippen LogP contribution in [0.25, 0.3) is 0 Å². The molecular weight excluding hydrogens is 552 g/mol. The molecule has 14 heteroatoms. The molecule has 1 nitrogen and oxygen atoms in total. The lowest BCUT2D eigenvalue weighted by Crippen LogP contribution is -2.20. The molecule has 0 amide bonds. The molecule has 0 saturated heterocycles. The van der Waals surface area contributed by atoms with E-state index in [-0.39, 0.29) is 53.7 Å². The van der Waals surface area contributed by atoms with Gasteiger partial charge in [-0.2, -0.15) is 52.7 Å². The highest BCUT2D eigenvalue weighted by atomic mass is 32.3. The molecule has 2 aromatic carbocycles. The molecule has 0 N–H and O–H groups in total. The number of hydrogen-bond acceptors (Lipinski definition) is 1. The fraction of sp³-hybridized carbons (Fsp3) is 0.478. The summed E-state index contributed by atoms with van der Waals surface area (Å²) in [7, 11) is -2.32. The molecule has 0 unspecified atom stereocenters. The van der Waals surface area contributed by atoms with Crippen LogP contribution in [0, 0.1) is 0 Å². The highest BCUT2D eigenvalue weighted by molar-refractivity contribution is 8.29. The van der Waals surface area contributed by atoms with Gasteiger partial charge in [0.05, 0.1) is 22.3 Å². The first-order chi connectivity index (χ1) is 16.7. The quantitative estimate of drug-likeness (QED) is 0.299. The van der Waals surface area contributed by atoms with E-state index in [1.165, 1.54) is 0 Å². The Morgan fingerprint density at radius 2 is 0.757 bits per heavy atom. The van der Waals surface area contributed by atoms with Crippen molar-refractivity contribution in [3.05, 3.63) is 69.8 Å². The summed E-state index contributed by atoms with van der Waals surface area (Å²) in [5, 5.41) is 0. The Kier molecular flexibility index (Phi) is 8.90. The largest absolute Gasteiger partial charge is 0.416 e. The van der Waals surface area contributed by atoms with Crippen molar-refractivity contribution in [2.24, 2.45) is 0 Å². The van der Waals surface area contributed by atoms with Gasteiger partial charge in [0.25, 0.3) is 0 Å². The van der Waals surface area contributed by atoms with Gasteiger partial charge >= 0.3 is 24.7 Å². The van der Waals surface area contributed by atoms with Crippen LogP contribution >= 0.6 is 10.3 Å². The van der Waals surface area contributed by atoms with Gasteiger partial charge in [-0.05, 0) is 64.8 Å². The topological polar surface area (TPSA) is 9.23 Å². The van der Waals surface area contributed by atoms with Crippen molar-refractivity contribution < 1.29 is 56.9 Å². The summed E-state index contributed by atoms with van der Waals surface area (Å²) in [6, 6.07) is 0.620. The van der Waals surface area contributed by atoms with Crippen molar-refractivity contribution in [2.75, 3.05) is 17.3 Å². The first kappa shape index (κ1) is 31.1. The zero-order chi connectivity index (χ0) is 28.6. The first-order valence-electron chi connectivity index (χ1n) is 10.7. The van der Waals surface area contributed by atoms with E-state index in [2.05, 4.69) is 0 Å². The molecule has 0 aliphatic rings. The third kappa shape index (κ3) is 7.49. The molecule has 0 radical (unpaired) electrons. The molecule has 210 valence electrons. The fourth-order valence-electron chi connectivity index (χ4n) is 3.58. The molecule has 0 spiro atoms. The molecule has 0 atom stereocenters. The summed E-state index contributed by atoms with van der Waals surface area (Å²) < 4.78 is 168. The second-order valence-corrected chi connectivity index (χ2v) is 11.8. The average Bonchev–Trinajstić information content (AvgIpc) is 2.77. The molecule has 0 aliphatic heterocycles. The van der Waals surface area contributed by atoms with Gasteiger partial charge in [-0.15, -0.1) is 10.3 Å². The van der Waals surface area contributed by atoms with Crippen LogP contribution in [0.1, 0.15) is 60.3 Å². The van der Waals surface area contributed by atoms with Gasteiger partial charge in [0.15, 0.2) is 0 Å². The standard InChI is InChI=1S/C23H22F12OS/c1-4-37(5-2,6-3)36-19(13-7-15(20(24,25)26)11-16(8-13)21(27,28)29)14-9-17(22(30,31)32)12-18(10-14)23(33,34)35/h7-12,19H,4-6H2,1-3H3. The zero-order valence-corrected chi connectivity index (χ0v) is 20.3. The Morgan fingerprint density at radius 1 is 0.514 bits per heavy atom. The Labute approximate surface area is 206 Å². The Bertz CT molecular complexity index is 931. The monoisotopic (exact) mass is 574 g/mol. The average molecular weight is 574 g/mol. The summed E-state index contributed by atoms with van der Waals surface area (Å²) >= 11 is 0. The Balaban J connectivity index is 2.98. The third-order valence-electron chi connectivity index (χ3n) is 5.70. The molecular formula is C23H22F12OS. The Hall–Kier alpha value is -2.09. The van der Waals surface area contributed by atoms with E-state index in [4.69, 9.17) is 4.18 Å². The number of hydrogen-bond donors (Lipinski definition) is 0. The maximum absolute atomic E-state index is 13.5. The van der Waals surface area contributed by atoms with Crippen molar-refractivity contribution in [2.45, 2.75) is 51.6 Å². The minimum absolute atomic E-state index is 0.187. The second kappa shape index (κ2) is 10.6. The van der Waals surface area contributed by atoms with Gasteiger partial charge in [-0.3, -0.25) is 0 Å². The number of benzene rings is 2. The molecule has 0 fully saturated rings. The predicted octanol–water partition coefficient (Wildman–Crippen LogP) is 9.65. The maximum Gasteiger partial charge on any atom is 0.416 e. The van der Waals surface area contributed by atoms with Gasteiger partial charge in [0.1, 0.15) is 6.10 Å². The summed E-state index contributed by atoms with van der Waals surface area (Å²) in [6.07, 6.45) is -23.3. The van der Waals surface area contributed by atoms with Crippen LogP contribution in [0.3, 0.4) is 0 Å². The second-order valence-electron chi connectivity index (χ2n) is 7.99. The van der Waals surface area contributed by atoms with E-state index in [9.17, 15) is 52.7 Å². The van der Waals surface area contributed by atoms with Crippen LogP contribution in [0.4, 0.5) is 52.7 Å². The summed E-state index contributed by atoms with van der Waals surface area (Å²) in [4.78, 5) is 0. The maximum atomic E-state index is 13.5. The summed E-state index contributed by atoms with van der Waals surface area (Å²) in [5.74, 6) is 0.603. The minimum Gasteiger partial charge on any atom is -0.324 e. The van der Waals surface area contributed by atoms with Crippen molar-refractivity contribution in [1.82, 2.24) is 0 Å². The molecule has 2 rings (SSSR count). The number of halogens is 12. The van der Waals surface area contributed by atoms with E-state index in [0.29, 0.717) is 0 Å². The fourth-order valence-corrected chi connectivity index (χ4v) is 5.85. The SMILES string of the molecule is CCS(CC)(CC)OC(c1cc(C(F)(F)F)cc(C(F)(F)F)c1)c1cc(C(F)(F)F)cc(C(F)(F)F)c1. The predicted molar refractivity (Wildman–Crippen MR) is 115 cm³/mol. The van der Waals surface area contributed by atoms with Crippen molar-refractivity contribution >= 4 is 10.3 Å². The lowest BCUT2D eigenvalue weighted by atomic mass is 9.94.